The molecule has 1 N–H and O–H groups in total. The Hall–Kier alpha value is -1.84. The SMILES string of the molecule is Cc1csc(CCCCNC(=O)C2CCN(S(=O)(=O)c3cccnc3)CC2)n1. The van der Waals surface area contributed by atoms with Crippen molar-refractivity contribution in [1.29, 1.82) is 0 Å². The van der Waals surface area contributed by atoms with Crippen molar-refractivity contribution in [3.8, 4) is 0 Å². The van der Waals surface area contributed by atoms with Crippen LogP contribution in [0.15, 0.2) is 34.8 Å². The molecule has 2 aromatic rings. The normalized spacial score (nSPS) is 16.2. The van der Waals surface area contributed by atoms with Crippen molar-refractivity contribution < 1.29 is 13.2 Å². The topological polar surface area (TPSA) is 92.3 Å². The molecular formula is C19H26N4O3S2. The Kier molecular flexibility index (Phi) is 7.14. The zero-order valence-electron chi connectivity index (χ0n) is 16.0. The number of pyridine rings is 1. The van der Waals surface area contributed by atoms with E-state index >= 15 is 0 Å². The second kappa shape index (κ2) is 9.58. The highest BCUT2D eigenvalue weighted by atomic mass is 32.2. The van der Waals surface area contributed by atoms with Gasteiger partial charge in [0.25, 0.3) is 0 Å². The molecule has 1 amide bonds. The fourth-order valence-electron chi connectivity index (χ4n) is 3.28. The van der Waals surface area contributed by atoms with Gasteiger partial charge >= 0.3 is 0 Å². The fraction of sp³-hybridized carbons (Fsp3) is 0.526. The number of unbranched alkanes of at least 4 members (excludes halogenated alkanes) is 1. The van der Waals surface area contributed by atoms with E-state index in [1.54, 1.807) is 29.7 Å². The molecule has 9 heteroatoms. The molecule has 1 saturated heterocycles. The van der Waals surface area contributed by atoms with Crippen LogP contribution in [0.25, 0.3) is 0 Å². The molecule has 0 radical (unpaired) electrons. The first-order valence-electron chi connectivity index (χ1n) is 9.56. The van der Waals surface area contributed by atoms with Crippen LogP contribution in [0.3, 0.4) is 0 Å². The minimum Gasteiger partial charge on any atom is -0.356 e. The molecule has 2 aromatic heterocycles. The van der Waals surface area contributed by atoms with E-state index in [-0.39, 0.29) is 16.7 Å². The Labute approximate surface area is 170 Å². The molecule has 3 rings (SSSR count). The number of nitrogens with zero attached hydrogens (tertiary/aromatic N) is 3. The zero-order valence-corrected chi connectivity index (χ0v) is 17.6. The van der Waals surface area contributed by atoms with Gasteiger partial charge in [0.2, 0.25) is 15.9 Å². The van der Waals surface area contributed by atoms with Gasteiger partial charge in [-0.05, 0) is 51.2 Å². The number of hydrogen-bond acceptors (Lipinski definition) is 6. The van der Waals surface area contributed by atoms with Gasteiger partial charge in [0.1, 0.15) is 4.90 Å². The number of amides is 1. The van der Waals surface area contributed by atoms with Gasteiger partial charge < -0.3 is 5.32 Å². The van der Waals surface area contributed by atoms with Gasteiger partial charge in [-0.15, -0.1) is 11.3 Å². The van der Waals surface area contributed by atoms with Crippen LogP contribution >= 0.6 is 11.3 Å². The van der Waals surface area contributed by atoms with Crippen LogP contribution in [0.1, 0.15) is 36.4 Å². The van der Waals surface area contributed by atoms with Gasteiger partial charge in [0, 0.05) is 49.0 Å². The summed E-state index contributed by atoms with van der Waals surface area (Å²) >= 11 is 1.68. The first kappa shape index (κ1) is 20.9. The standard InChI is InChI=1S/C19H26N4O3S2/c1-15-14-27-18(22-15)6-2-3-10-21-19(24)16-7-11-23(12-8-16)28(25,26)17-5-4-9-20-13-17/h4-5,9,13-14,16H,2-3,6-8,10-12H2,1H3,(H,21,24). The minimum atomic E-state index is -3.53. The Balaban J connectivity index is 1.38. The van der Waals surface area contributed by atoms with Gasteiger partial charge in [0.15, 0.2) is 0 Å². The maximum Gasteiger partial charge on any atom is 0.244 e. The third-order valence-corrected chi connectivity index (χ3v) is 7.79. The smallest absolute Gasteiger partial charge is 0.244 e. The van der Waals surface area contributed by atoms with E-state index in [0.717, 1.165) is 30.0 Å². The number of aryl methyl sites for hydroxylation is 2. The lowest BCUT2D eigenvalue weighted by Gasteiger charge is -2.30. The van der Waals surface area contributed by atoms with E-state index in [2.05, 4.69) is 20.7 Å². The maximum absolute atomic E-state index is 12.6. The van der Waals surface area contributed by atoms with Crippen LogP contribution in [-0.2, 0) is 21.2 Å². The lowest BCUT2D eigenvalue weighted by Crippen LogP contribution is -2.43. The number of carbonyl (C=O) groups is 1. The number of carbonyl (C=O) groups excluding carboxylic acids is 1. The van der Waals surface area contributed by atoms with Crippen LogP contribution in [0, 0.1) is 12.8 Å². The van der Waals surface area contributed by atoms with Crippen molar-refractivity contribution in [2.24, 2.45) is 5.92 Å². The van der Waals surface area contributed by atoms with E-state index in [4.69, 9.17) is 0 Å². The summed E-state index contributed by atoms with van der Waals surface area (Å²) in [4.78, 5) is 20.9. The number of rotatable bonds is 8. The maximum atomic E-state index is 12.6. The number of hydrogen-bond donors (Lipinski definition) is 1. The van der Waals surface area contributed by atoms with Gasteiger partial charge in [-0.2, -0.15) is 4.31 Å². The lowest BCUT2D eigenvalue weighted by molar-refractivity contribution is -0.126. The minimum absolute atomic E-state index is 0.0310. The quantitative estimate of drug-likeness (QED) is 0.660. The summed E-state index contributed by atoms with van der Waals surface area (Å²) in [6.45, 7) is 3.36. The molecule has 0 saturated carbocycles. The molecule has 28 heavy (non-hydrogen) atoms. The van der Waals surface area contributed by atoms with E-state index in [1.165, 1.54) is 10.5 Å². The van der Waals surface area contributed by atoms with Crippen molar-refractivity contribution in [3.63, 3.8) is 0 Å². The van der Waals surface area contributed by atoms with Crippen LogP contribution in [-0.4, -0.2) is 48.2 Å². The van der Waals surface area contributed by atoms with Crippen LogP contribution in [0.4, 0.5) is 0 Å². The molecule has 152 valence electrons. The molecule has 0 atom stereocenters. The van der Waals surface area contributed by atoms with Crippen molar-refractivity contribution >= 4 is 27.3 Å². The summed E-state index contributed by atoms with van der Waals surface area (Å²) in [6, 6.07) is 3.16. The predicted molar refractivity (Wildman–Crippen MR) is 109 cm³/mol. The average Bonchev–Trinajstić information content (AvgIpc) is 3.13. The number of piperidine rings is 1. The Morgan fingerprint density at radius 3 is 2.75 bits per heavy atom. The Morgan fingerprint density at radius 1 is 1.32 bits per heavy atom. The largest absolute Gasteiger partial charge is 0.356 e. The number of nitrogens with one attached hydrogen (secondary N) is 1. The molecule has 0 aromatic carbocycles. The van der Waals surface area contributed by atoms with E-state index in [1.807, 2.05) is 6.92 Å². The zero-order chi connectivity index (χ0) is 20.0. The monoisotopic (exact) mass is 422 g/mol. The Morgan fingerprint density at radius 2 is 2.11 bits per heavy atom. The summed E-state index contributed by atoms with van der Waals surface area (Å²) < 4.78 is 26.7. The van der Waals surface area contributed by atoms with Crippen molar-refractivity contribution in [2.45, 2.75) is 43.9 Å². The number of thiazole rings is 1. The van der Waals surface area contributed by atoms with Crippen LogP contribution < -0.4 is 5.32 Å². The summed E-state index contributed by atoms with van der Waals surface area (Å²) in [5.74, 6) is -0.0921. The van der Waals surface area contributed by atoms with Gasteiger partial charge in [0.05, 0.1) is 5.01 Å². The van der Waals surface area contributed by atoms with E-state index in [9.17, 15) is 13.2 Å². The van der Waals surface area contributed by atoms with Gasteiger partial charge in [-0.3, -0.25) is 9.78 Å². The molecule has 0 unspecified atom stereocenters. The third kappa shape index (κ3) is 5.36. The molecule has 1 aliphatic rings. The summed E-state index contributed by atoms with van der Waals surface area (Å²) in [6.07, 6.45) is 6.86. The van der Waals surface area contributed by atoms with Gasteiger partial charge in [-0.1, -0.05) is 0 Å². The Bertz CT molecular complexity index is 876. The molecular weight excluding hydrogens is 396 g/mol. The fourth-order valence-corrected chi connectivity index (χ4v) is 5.53. The van der Waals surface area contributed by atoms with Crippen molar-refractivity contribution in [3.05, 3.63) is 40.6 Å². The van der Waals surface area contributed by atoms with Crippen molar-refractivity contribution in [2.75, 3.05) is 19.6 Å². The highest BCUT2D eigenvalue weighted by Gasteiger charge is 2.32. The first-order valence-corrected chi connectivity index (χ1v) is 11.9. The highest BCUT2D eigenvalue weighted by Crippen LogP contribution is 2.23. The molecule has 7 nitrogen and oxygen atoms in total. The van der Waals surface area contributed by atoms with E-state index < -0.39 is 10.0 Å². The second-order valence-corrected chi connectivity index (χ2v) is 9.88. The number of sulfonamides is 1. The number of aromatic nitrogens is 2. The summed E-state index contributed by atoms with van der Waals surface area (Å²) in [7, 11) is -3.53. The lowest BCUT2D eigenvalue weighted by atomic mass is 9.97. The van der Waals surface area contributed by atoms with Crippen LogP contribution in [0.2, 0.25) is 0 Å². The molecule has 0 aliphatic carbocycles. The van der Waals surface area contributed by atoms with Crippen molar-refractivity contribution in [1.82, 2.24) is 19.6 Å². The summed E-state index contributed by atoms with van der Waals surface area (Å²) in [5, 5.41) is 6.19. The average molecular weight is 423 g/mol. The van der Waals surface area contributed by atoms with Crippen LogP contribution in [0.5, 0.6) is 0 Å². The van der Waals surface area contributed by atoms with E-state index in [0.29, 0.717) is 32.5 Å². The predicted octanol–water partition coefficient (Wildman–Crippen LogP) is 2.39. The first-order chi connectivity index (χ1) is 13.5. The summed E-state index contributed by atoms with van der Waals surface area (Å²) in [5.41, 5.74) is 1.06. The van der Waals surface area contributed by atoms with Gasteiger partial charge in [-0.25, -0.2) is 13.4 Å². The second-order valence-electron chi connectivity index (χ2n) is 7.00. The molecule has 1 fully saturated rings. The molecule has 3 heterocycles. The third-order valence-electron chi connectivity index (χ3n) is 4.88. The highest BCUT2D eigenvalue weighted by molar-refractivity contribution is 7.89. The molecule has 1 aliphatic heterocycles. The molecule has 0 spiro atoms. The molecule has 0 bridgehead atoms.